The second kappa shape index (κ2) is 12.2. The summed E-state index contributed by atoms with van der Waals surface area (Å²) in [4.78, 5) is 2.70. The zero-order valence-electron chi connectivity index (χ0n) is 29.7. The van der Waals surface area contributed by atoms with Crippen molar-refractivity contribution in [3.8, 4) is 54.3 Å². The van der Waals surface area contributed by atoms with Crippen LogP contribution in [0.4, 0.5) is 0 Å². The number of aryl methyl sites for hydroxylation is 1. The van der Waals surface area contributed by atoms with E-state index >= 15 is 0 Å². The van der Waals surface area contributed by atoms with Crippen LogP contribution in [0.2, 0.25) is 0 Å². The normalized spacial score (nSPS) is 21.6. The van der Waals surface area contributed by atoms with Crippen LogP contribution in [0.15, 0.2) is 114 Å². The third-order valence-electron chi connectivity index (χ3n) is 12.7. The summed E-state index contributed by atoms with van der Waals surface area (Å²) in [7, 11) is 0. The fourth-order valence-corrected chi connectivity index (χ4v) is 11.7. The average molecular weight is 734 g/mol. The molecule has 0 amide bonds. The number of thiophene rings is 1. The molecule has 1 spiro atoms. The Balaban J connectivity index is 1.18. The van der Waals surface area contributed by atoms with Crippen LogP contribution >= 0.6 is 27.3 Å². The smallest absolute Gasteiger partial charge is 0.0349 e. The molecule has 3 aliphatic carbocycles. The molecule has 3 aliphatic rings. The van der Waals surface area contributed by atoms with Gasteiger partial charge in [0.2, 0.25) is 0 Å². The SMILES string of the molecule is CCCCC1(C)CCCC(C)C12c1cc(-c3ccc4c(c3)Cc3cc(Br)ccc3-4)ccc1-c1ccc(-c3ccc(-c4ccc(C)cc4)s3)cc12. The summed E-state index contributed by atoms with van der Waals surface area (Å²) in [6.07, 6.45) is 8.67. The quantitative estimate of drug-likeness (QED) is 0.160. The van der Waals surface area contributed by atoms with Gasteiger partial charge in [-0.3, -0.25) is 0 Å². The van der Waals surface area contributed by atoms with Crippen molar-refractivity contribution in [2.24, 2.45) is 11.3 Å². The van der Waals surface area contributed by atoms with E-state index in [2.05, 4.69) is 153 Å². The summed E-state index contributed by atoms with van der Waals surface area (Å²) in [6, 6.07) is 42.6. The molecule has 0 nitrogen and oxygen atoms in total. The van der Waals surface area contributed by atoms with Gasteiger partial charge in [0.05, 0.1) is 0 Å². The maximum Gasteiger partial charge on any atom is 0.0349 e. The highest BCUT2D eigenvalue weighted by atomic mass is 79.9. The molecule has 1 aromatic heterocycles. The zero-order valence-corrected chi connectivity index (χ0v) is 32.1. The van der Waals surface area contributed by atoms with Crippen molar-refractivity contribution in [3.63, 3.8) is 0 Å². The minimum Gasteiger partial charge on any atom is -0.135 e. The Hall–Kier alpha value is -3.72. The van der Waals surface area contributed by atoms with Gasteiger partial charge in [-0.05, 0) is 147 Å². The molecule has 5 aromatic carbocycles. The predicted octanol–water partition coefficient (Wildman–Crippen LogP) is 14.7. The van der Waals surface area contributed by atoms with Crippen molar-refractivity contribution in [3.05, 3.63) is 141 Å². The lowest BCUT2D eigenvalue weighted by molar-refractivity contribution is 0.0491. The van der Waals surface area contributed by atoms with Crippen molar-refractivity contribution < 1.29 is 0 Å². The van der Waals surface area contributed by atoms with E-state index in [9.17, 15) is 0 Å². The minimum atomic E-state index is -0.0204. The molecule has 0 aliphatic heterocycles. The number of fused-ring (bicyclic) bond motifs is 8. The van der Waals surface area contributed by atoms with Gasteiger partial charge in [-0.1, -0.05) is 134 Å². The van der Waals surface area contributed by atoms with Gasteiger partial charge < -0.3 is 0 Å². The van der Waals surface area contributed by atoms with Crippen LogP contribution in [0.25, 0.3) is 54.3 Å². The molecule has 6 aromatic rings. The summed E-state index contributed by atoms with van der Waals surface area (Å²) in [5.74, 6) is 0.558. The van der Waals surface area contributed by atoms with Gasteiger partial charge in [0.15, 0.2) is 0 Å². The molecule has 0 bridgehead atoms. The molecule has 250 valence electrons. The van der Waals surface area contributed by atoms with Crippen molar-refractivity contribution in [2.45, 2.75) is 78.1 Å². The van der Waals surface area contributed by atoms with Crippen LogP contribution in [0.5, 0.6) is 0 Å². The molecule has 1 heterocycles. The Morgan fingerprint density at radius 3 is 1.98 bits per heavy atom. The van der Waals surface area contributed by atoms with Crippen molar-refractivity contribution in [2.75, 3.05) is 0 Å². The lowest BCUT2D eigenvalue weighted by Crippen LogP contribution is -2.51. The largest absolute Gasteiger partial charge is 0.135 e. The molecule has 1 saturated carbocycles. The summed E-state index contributed by atoms with van der Waals surface area (Å²) in [5, 5.41) is 0. The van der Waals surface area contributed by atoms with E-state index in [1.54, 1.807) is 11.1 Å². The Bertz CT molecular complexity index is 2270. The molecule has 0 N–H and O–H groups in total. The summed E-state index contributed by atoms with van der Waals surface area (Å²) < 4.78 is 1.16. The second-order valence-electron chi connectivity index (χ2n) is 15.7. The van der Waals surface area contributed by atoms with Gasteiger partial charge >= 0.3 is 0 Å². The molecule has 9 rings (SSSR count). The first-order valence-corrected chi connectivity index (χ1v) is 20.3. The van der Waals surface area contributed by atoms with Gasteiger partial charge in [-0.25, -0.2) is 0 Å². The van der Waals surface area contributed by atoms with Crippen molar-refractivity contribution >= 4 is 27.3 Å². The maximum absolute atomic E-state index is 3.70. The highest BCUT2D eigenvalue weighted by Crippen LogP contribution is 2.67. The molecular weight excluding hydrogens is 688 g/mol. The minimum absolute atomic E-state index is 0.0204. The van der Waals surface area contributed by atoms with Gasteiger partial charge in [0.25, 0.3) is 0 Å². The lowest BCUT2D eigenvalue weighted by Gasteiger charge is -2.56. The second-order valence-corrected chi connectivity index (χ2v) is 17.7. The fourth-order valence-electron chi connectivity index (χ4n) is 10.3. The Morgan fingerprint density at radius 1 is 0.680 bits per heavy atom. The topological polar surface area (TPSA) is 0 Å². The summed E-state index contributed by atoms with van der Waals surface area (Å²) >= 11 is 5.62. The van der Waals surface area contributed by atoms with Crippen molar-refractivity contribution in [1.82, 2.24) is 0 Å². The summed E-state index contributed by atoms with van der Waals surface area (Å²) in [6.45, 7) is 9.76. The van der Waals surface area contributed by atoms with E-state index in [1.807, 2.05) is 11.3 Å². The third kappa shape index (κ3) is 4.89. The number of rotatable bonds is 6. The van der Waals surface area contributed by atoms with Crippen LogP contribution in [0, 0.1) is 18.3 Å². The van der Waals surface area contributed by atoms with E-state index in [0.29, 0.717) is 5.92 Å². The van der Waals surface area contributed by atoms with E-state index in [-0.39, 0.29) is 10.8 Å². The Morgan fingerprint density at radius 2 is 1.26 bits per heavy atom. The van der Waals surface area contributed by atoms with E-state index in [4.69, 9.17) is 0 Å². The molecular formula is C48H45BrS. The Labute approximate surface area is 310 Å². The molecule has 0 radical (unpaired) electrons. The molecule has 2 heteroatoms. The van der Waals surface area contributed by atoms with E-state index in [0.717, 1.165) is 10.9 Å². The fraction of sp³-hybridized carbons (Fsp3) is 0.292. The van der Waals surface area contributed by atoms with Gasteiger partial charge in [0.1, 0.15) is 0 Å². The van der Waals surface area contributed by atoms with E-state index < -0.39 is 0 Å². The van der Waals surface area contributed by atoms with Gasteiger partial charge in [-0.15, -0.1) is 11.3 Å². The third-order valence-corrected chi connectivity index (χ3v) is 14.4. The number of halogens is 1. The van der Waals surface area contributed by atoms with Crippen LogP contribution in [-0.4, -0.2) is 0 Å². The Kier molecular flexibility index (Phi) is 7.86. The van der Waals surface area contributed by atoms with E-state index in [1.165, 1.54) is 109 Å². The molecule has 3 atom stereocenters. The maximum atomic E-state index is 3.70. The lowest BCUT2D eigenvalue weighted by atomic mass is 9.47. The number of hydrogen-bond donors (Lipinski definition) is 0. The first kappa shape index (κ1) is 32.2. The average Bonchev–Trinajstić information content (AvgIpc) is 3.83. The highest BCUT2D eigenvalue weighted by molar-refractivity contribution is 9.10. The van der Waals surface area contributed by atoms with Gasteiger partial charge in [0, 0.05) is 19.6 Å². The molecule has 3 unspecified atom stereocenters. The van der Waals surface area contributed by atoms with Crippen LogP contribution < -0.4 is 0 Å². The monoisotopic (exact) mass is 732 g/mol. The zero-order chi connectivity index (χ0) is 34.2. The molecule has 1 fully saturated rings. The highest BCUT2D eigenvalue weighted by Gasteiger charge is 2.59. The van der Waals surface area contributed by atoms with Crippen LogP contribution in [0.3, 0.4) is 0 Å². The first-order chi connectivity index (χ1) is 24.3. The number of hydrogen-bond acceptors (Lipinski definition) is 1. The molecule has 50 heavy (non-hydrogen) atoms. The van der Waals surface area contributed by atoms with Crippen LogP contribution in [-0.2, 0) is 11.8 Å². The van der Waals surface area contributed by atoms with Gasteiger partial charge in [-0.2, -0.15) is 0 Å². The standard InChI is InChI=1S/C48H45BrS/c1-5-6-23-47(4)24-7-8-31(3)48(47)43-28-34(33-13-17-39-36(25-33)26-37-27-38(49)16-20-40(37)39)14-18-41(43)42-19-15-35(29-44(42)48)46-22-21-45(50-46)32-11-9-30(2)10-12-32/h9-22,25,27-29,31H,5-8,23-24,26H2,1-4H3. The number of unbranched alkanes of at least 4 members (excludes halogenated alkanes) is 1. The predicted molar refractivity (Wildman–Crippen MR) is 218 cm³/mol. The van der Waals surface area contributed by atoms with Crippen LogP contribution in [0.1, 0.15) is 87.1 Å². The number of benzene rings is 5. The summed E-state index contributed by atoms with van der Waals surface area (Å²) in [5.41, 5.74) is 18.5. The first-order valence-electron chi connectivity index (χ1n) is 18.7. The van der Waals surface area contributed by atoms with Crippen molar-refractivity contribution in [1.29, 1.82) is 0 Å². The molecule has 0 saturated heterocycles.